The van der Waals surface area contributed by atoms with Gasteiger partial charge in [-0.1, -0.05) is 19.3 Å². The van der Waals surface area contributed by atoms with Crippen LogP contribution in [0.3, 0.4) is 0 Å². The molecule has 0 spiro atoms. The van der Waals surface area contributed by atoms with E-state index in [4.69, 9.17) is 4.42 Å². The van der Waals surface area contributed by atoms with Gasteiger partial charge in [-0.05, 0) is 18.9 Å². The Morgan fingerprint density at radius 2 is 2.38 bits per heavy atom. The van der Waals surface area contributed by atoms with E-state index in [1.165, 1.54) is 19.3 Å². The molecule has 1 aliphatic rings. The summed E-state index contributed by atoms with van der Waals surface area (Å²) in [5, 5.41) is 0. The summed E-state index contributed by atoms with van der Waals surface area (Å²) in [6, 6.07) is 1.82. The molecule has 1 heterocycles. The third-order valence-electron chi connectivity index (χ3n) is 2.75. The third kappa shape index (κ3) is 1.82. The number of furan rings is 1. The molecule has 2 heteroatoms. The van der Waals surface area contributed by atoms with E-state index in [0.717, 1.165) is 11.3 Å². The maximum atomic E-state index is 11.6. The first-order chi connectivity index (χ1) is 6.25. The number of Topliss-reactive ketones (excluding diaryl/α,β-unsaturated/α-hetero) is 1. The number of carbonyl (C=O) groups excluding carboxylic acids is 1. The number of carbonyl (C=O) groups is 1. The average molecular weight is 178 g/mol. The summed E-state index contributed by atoms with van der Waals surface area (Å²) in [5.74, 6) is 1.70. The number of rotatable bonds is 3. The molecule has 0 N–H and O–H groups in total. The molecule has 0 amide bonds. The molecule has 70 valence electrons. The van der Waals surface area contributed by atoms with Crippen LogP contribution in [0.5, 0.6) is 0 Å². The van der Waals surface area contributed by atoms with Crippen molar-refractivity contribution in [1.82, 2.24) is 0 Å². The predicted molar refractivity (Wildman–Crippen MR) is 49.7 cm³/mol. The smallest absolute Gasteiger partial charge is 0.166 e. The van der Waals surface area contributed by atoms with Crippen LogP contribution in [0.4, 0.5) is 0 Å². The highest BCUT2D eigenvalue weighted by Gasteiger charge is 2.21. The van der Waals surface area contributed by atoms with Crippen LogP contribution in [0.15, 0.2) is 16.7 Å². The molecule has 2 rings (SSSR count). The summed E-state index contributed by atoms with van der Waals surface area (Å²) in [6.45, 7) is 1.86. The van der Waals surface area contributed by atoms with Gasteiger partial charge in [0.05, 0.1) is 5.56 Å². The minimum absolute atomic E-state index is 0.238. The Morgan fingerprint density at radius 3 is 2.85 bits per heavy atom. The Morgan fingerprint density at radius 1 is 1.62 bits per heavy atom. The van der Waals surface area contributed by atoms with Gasteiger partial charge in [0.15, 0.2) is 5.78 Å². The highest BCUT2D eigenvalue weighted by Crippen LogP contribution is 2.30. The maximum Gasteiger partial charge on any atom is 0.166 e. The molecule has 0 aliphatic heterocycles. The lowest BCUT2D eigenvalue weighted by molar-refractivity contribution is 0.0936. The molecule has 0 radical (unpaired) electrons. The lowest BCUT2D eigenvalue weighted by Gasteiger charge is -2.23. The molecule has 1 aromatic heterocycles. The van der Waals surface area contributed by atoms with Crippen LogP contribution in [0.2, 0.25) is 0 Å². The first-order valence-corrected chi connectivity index (χ1v) is 4.84. The molecule has 1 saturated carbocycles. The largest absolute Gasteiger partial charge is 0.469 e. The quantitative estimate of drug-likeness (QED) is 0.666. The molecule has 0 unspecified atom stereocenters. The van der Waals surface area contributed by atoms with Crippen molar-refractivity contribution in [1.29, 1.82) is 0 Å². The summed E-state index contributed by atoms with van der Waals surface area (Å²) >= 11 is 0. The lowest BCUT2D eigenvalue weighted by Crippen LogP contribution is -2.15. The van der Waals surface area contributed by atoms with Crippen LogP contribution >= 0.6 is 0 Å². The van der Waals surface area contributed by atoms with Crippen LogP contribution in [0.1, 0.15) is 41.8 Å². The average Bonchev–Trinajstić information content (AvgIpc) is 2.44. The fourth-order valence-electron chi connectivity index (χ4n) is 1.67. The van der Waals surface area contributed by atoms with Gasteiger partial charge in [-0.25, -0.2) is 0 Å². The molecule has 0 aromatic carbocycles. The maximum absolute atomic E-state index is 11.6. The van der Waals surface area contributed by atoms with Crippen molar-refractivity contribution in [3.05, 3.63) is 23.7 Å². The molecule has 1 fully saturated rings. The molecule has 13 heavy (non-hydrogen) atoms. The fourth-order valence-corrected chi connectivity index (χ4v) is 1.67. The number of hydrogen-bond donors (Lipinski definition) is 0. The first-order valence-electron chi connectivity index (χ1n) is 4.84. The van der Waals surface area contributed by atoms with Gasteiger partial charge in [0.2, 0.25) is 0 Å². The van der Waals surface area contributed by atoms with E-state index in [1.54, 1.807) is 6.26 Å². The second-order valence-electron chi connectivity index (χ2n) is 3.87. The molecule has 0 saturated heterocycles. The van der Waals surface area contributed by atoms with E-state index >= 15 is 0 Å². The van der Waals surface area contributed by atoms with Gasteiger partial charge in [0.1, 0.15) is 12.0 Å². The van der Waals surface area contributed by atoms with E-state index in [1.807, 2.05) is 13.0 Å². The van der Waals surface area contributed by atoms with Gasteiger partial charge in [0.25, 0.3) is 0 Å². The summed E-state index contributed by atoms with van der Waals surface area (Å²) < 4.78 is 5.10. The van der Waals surface area contributed by atoms with Crippen LogP contribution in [-0.2, 0) is 0 Å². The summed E-state index contributed by atoms with van der Waals surface area (Å²) in [5.41, 5.74) is 0.740. The van der Waals surface area contributed by atoms with E-state index in [2.05, 4.69) is 0 Å². The van der Waals surface area contributed by atoms with Crippen molar-refractivity contribution < 1.29 is 9.21 Å². The molecule has 2 nitrogen and oxygen atoms in total. The molecular weight excluding hydrogens is 164 g/mol. The van der Waals surface area contributed by atoms with Gasteiger partial charge in [-0.15, -0.1) is 0 Å². The Hall–Kier alpha value is -1.05. The molecule has 1 aromatic rings. The Balaban J connectivity index is 1.96. The van der Waals surface area contributed by atoms with Gasteiger partial charge in [0, 0.05) is 6.42 Å². The van der Waals surface area contributed by atoms with Crippen molar-refractivity contribution in [3.63, 3.8) is 0 Å². The van der Waals surface area contributed by atoms with Crippen LogP contribution in [-0.4, -0.2) is 5.78 Å². The summed E-state index contributed by atoms with van der Waals surface area (Å²) in [7, 11) is 0. The topological polar surface area (TPSA) is 30.2 Å². The van der Waals surface area contributed by atoms with Crippen molar-refractivity contribution in [2.45, 2.75) is 32.6 Å². The number of hydrogen-bond acceptors (Lipinski definition) is 2. The normalized spacial score (nSPS) is 17.0. The second-order valence-corrected chi connectivity index (χ2v) is 3.87. The zero-order valence-corrected chi connectivity index (χ0v) is 7.88. The second kappa shape index (κ2) is 3.36. The highest BCUT2D eigenvalue weighted by molar-refractivity contribution is 5.96. The monoisotopic (exact) mass is 178 g/mol. The predicted octanol–water partition coefficient (Wildman–Crippen LogP) is 2.96. The fraction of sp³-hybridized carbons (Fsp3) is 0.545. The van der Waals surface area contributed by atoms with E-state index in [-0.39, 0.29) is 5.78 Å². The number of ketones is 1. The van der Waals surface area contributed by atoms with Crippen molar-refractivity contribution >= 4 is 5.78 Å². The number of aryl methyl sites for hydroxylation is 1. The van der Waals surface area contributed by atoms with E-state index in [9.17, 15) is 4.79 Å². The highest BCUT2D eigenvalue weighted by atomic mass is 16.3. The minimum atomic E-state index is 0.238. The summed E-state index contributed by atoms with van der Waals surface area (Å²) in [6.07, 6.45) is 6.02. The van der Waals surface area contributed by atoms with Crippen LogP contribution in [0, 0.1) is 12.8 Å². The minimum Gasteiger partial charge on any atom is -0.469 e. The van der Waals surface area contributed by atoms with Crippen molar-refractivity contribution in [2.75, 3.05) is 0 Å². The SMILES string of the molecule is Cc1cc(C(=O)CC2CCC2)co1. The summed E-state index contributed by atoms with van der Waals surface area (Å²) in [4.78, 5) is 11.6. The lowest BCUT2D eigenvalue weighted by atomic mass is 9.81. The molecule has 0 bridgehead atoms. The van der Waals surface area contributed by atoms with Gasteiger partial charge < -0.3 is 4.42 Å². The van der Waals surface area contributed by atoms with Gasteiger partial charge in [-0.3, -0.25) is 4.79 Å². The Kier molecular flexibility index (Phi) is 2.21. The van der Waals surface area contributed by atoms with Crippen LogP contribution in [0.25, 0.3) is 0 Å². The first kappa shape index (κ1) is 8.54. The standard InChI is InChI=1S/C11H14O2/c1-8-5-10(7-13-8)11(12)6-9-3-2-4-9/h5,7,9H,2-4,6H2,1H3. The molecule has 1 aliphatic carbocycles. The van der Waals surface area contributed by atoms with Crippen molar-refractivity contribution in [2.24, 2.45) is 5.92 Å². The van der Waals surface area contributed by atoms with Gasteiger partial charge >= 0.3 is 0 Å². The Bertz CT molecular complexity index is 308. The van der Waals surface area contributed by atoms with Crippen molar-refractivity contribution in [3.8, 4) is 0 Å². The third-order valence-corrected chi connectivity index (χ3v) is 2.75. The van der Waals surface area contributed by atoms with E-state index < -0.39 is 0 Å². The zero-order valence-electron chi connectivity index (χ0n) is 7.88. The van der Waals surface area contributed by atoms with Gasteiger partial charge in [-0.2, -0.15) is 0 Å². The molecule has 0 atom stereocenters. The van der Waals surface area contributed by atoms with E-state index in [0.29, 0.717) is 12.3 Å². The Labute approximate surface area is 77.9 Å². The zero-order chi connectivity index (χ0) is 9.26. The van der Waals surface area contributed by atoms with Crippen LogP contribution < -0.4 is 0 Å². The molecular formula is C11H14O2.